The van der Waals surface area contributed by atoms with Gasteiger partial charge in [0.15, 0.2) is 5.13 Å². The molecule has 43 heavy (non-hydrogen) atoms. The van der Waals surface area contributed by atoms with Gasteiger partial charge in [0.2, 0.25) is 0 Å². The molecule has 3 aliphatic heterocycles. The Morgan fingerprint density at radius 2 is 1.88 bits per heavy atom. The number of phenolic OH excluding ortho intramolecular Hbond substituents is 1. The summed E-state index contributed by atoms with van der Waals surface area (Å²) >= 11 is 1.40. The second kappa shape index (κ2) is 11.0. The van der Waals surface area contributed by atoms with E-state index in [-0.39, 0.29) is 29.2 Å². The number of aromatic hydroxyl groups is 1. The summed E-state index contributed by atoms with van der Waals surface area (Å²) in [4.78, 5) is 33.1. The Balaban J connectivity index is 1.30. The van der Waals surface area contributed by atoms with Gasteiger partial charge in [-0.2, -0.15) is 0 Å². The number of nitrogens with two attached hydrogens (primary N) is 1. The van der Waals surface area contributed by atoms with E-state index in [1.165, 1.54) is 23.5 Å². The zero-order valence-electron chi connectivity index (χ0n) is 23.1. The van der Waals surface area contributed by atoms with Gasteiger partial charge in [0.1, 0.15) is 23.0 Å². The first-order chi connectivity index (χ1) is 20.9. The van der Waals surface area contributed by atoms with Crippen LogP contribution in [0.25, 0.3) is 10.2 Å². The number of fused-ring (bicyclic) bond motifs is 7. The summed E-state index contributed by atoms with van der Waals surface area (Å²) < 4.78 is 13.1. The highest BCUT2D eigenvalue weighted by atomic mass is 32.1. The number of phenols is 1. The molecule has 0 fully saturated rings. The molecule has 216 valence electrons. The molecule has 0 aliphatic carbocycles. The van der Waals surface area contributed by atoms with Gasteiger partial charge in [0, 0.05) is 18.7 Å². The summed E-state index contributed by atoms with van der Waals surface area (Å²) in [5, 5.41) is 13.6. The summed E-state index contributed by atoms with van der Waals surface area (Å²) in [5.74, 6) is 1.10. The van der Waals surface area contributed by atoms with E-state index in [9.17, 15) is 14.7 Å². The number of carbonyl (C=O) groups excluding carboxylic acids is 2. The van der Waals surface area contributed by atoms with Crippen molar-refractivity contribution in [3.8, 4) is 23.0 Å². The number of aromatic nitrogens is 1. The van der Waals surface area contributed by atoms with E-state index < -0.39 is 0 Å². The number of benzene rings is 4. The van der Waals surface area contributed by atoms with Crippen molar-refractivity contribution < 1.29 is 24.2 Å². The number of ether oxygens (including phenoxy) is 2. The molecule has 4 aromatic carbocycles. The molecule has 10 heteroatoms. The van der Waals surface area contributed by atoms with E-state index in [0.717, 1.165) is 21.4 Å². The smallest absolute Gasteiger partial charge is 0.255 e. The van der Waals surface area contributed by atoms with Crippen molar-refractivity contribution in [2.45, 2.75) is 18.9 Å². The number of rotatable bonds is 1. The summed E-state index contributed by atoms with van der Waals surface area (Å²) in [6, 6.07) is 23.4. The van der Waals surface area contributed by atoms with Crippen molar-refractivity contribution in [2.75, 3.05) is 25.4 Å². The van der Waals surface area contributed by atoms with Crippen LogP contribution in [0, 0.1) is 0 Å². The Morgan fingerprint density at radius 3 is 2.79 bits per heavy atom. The van der Waals surface area contributed by atoms with Gasteiger partial charge >= 0.3 is 0 Å². The largest absolute Gasteiger partial charge is 0.507 e. The topological polar surface area (TPSA) is 127 Å². The molecule has 0 radical (unpaired) electrons. The van der Waals surface area contributed by atoms with E-state index in [1.807, 2.05) is 65.6 Å². The Bertz CT molecular complexity index is 1890. The molecule has 0 saturated carbocycles. The molecular weight excluding hydrogens is 564 g/mol. The lowest BCUT2D eigenvalue weighted by atomic mass is 9.87. The second-order valence-electron chi connectivity index (χ2n) is 10.6. The number of nitrogens with one attached hydrogen (secondary N) is 1. The molecule has 0 spiro atoms. The molecular formula is C33H28N4O5S. The number of nitrogens with zero attached hydrogens (tertiary/aromatic N) is 2. The third-order valence-electron chi connectivity index (χ3n) is 7.75. The van der Waals surface area contributed by atoms with Gasteiger partial charge in [-0.1, -0.05) is 29.5 Å². The van der Waals surface area contributed by atoms with Crippen LogP contribution in [0.5, 0.6) is 23.0 Å². The Hall–Kier alpha value is -5.09. The highest BCUT2D eigenvalue weighted by molar-refractivity contribution is 7.22. The lowest BCUT2D eigenvalue weighted by molar-refractivity contribution is 0.0694. The molecule has 9 nitrogen and oxygen atoms in total. The predicted octanol–water partition coefficient (Wildman–Crippen LogP) is 5.68. The first-order valence-electron chi connectivity index (χ1n) is 14.0. The zero-order valence-corrected chi connectivity index (χ0v) is 23.9. The van der Waals surface area contributed by atoms with E-state index in [4.69, 9.17) is 15.2 Å². The minimum absolute atomic E-state index is 0.0923. The van der Waals surface area contributed by atoms with Gasteiger partial charge < -0.3 is 30.5 Å². The summed E-state index contributed by atoms with van der Waals surface area (Å²) in [6.45, 7) is 1.24. The third kappa shape index (κ3) is 5.21. The molecule has 4 N–H and O–H groups in total. The third-order valence-corrected chi connectivity index (χ3v) is 8.62. The van der Waals surface area contributed by atoms with Gasteiger partial charge in [-0.25, -0.2) is 4.98 Å². The maximum atomic E-state index is 14.1. The number of anilines is 1. The van der Waals surface area contributed by atoms with Crippen molar-refractivity contribution in [3.63, 3.8) is 0 Å². The second-order valence-corrected chi connectivity index (χ2v) is 11.6. The minimum Gasteiger partial charge on any atom is -0.507 e. The van der Waals surface area contributed by atoms with Crippen molar-refractivity contribution >= 4 is 38.5 Å². The number of thiazole rings is 1. The molecule has 3 aliphatic rings. The number of amides is 2. The van der Waals surface area contributed by atoms with Crippen molar-refractivity contribution in [1.82, 2.24) is 15.2 Å². The van der Waals surface area contributed by atoms with Gasteiger partial charge in [-0.3, -0.25) is 9.59 Å². The normalized spacial score (nSPS) is 16.5. The highest BCUT2D eigenvalue weighted by Gasteiger charge is 2.33. The molecule has 2 amide bonds. The fourth-order valence-electron chi connectivity index (χ4n) is 5.72. The lowest BCUT2D eigenvalue weighted by Crippen LogP contribution is -2.40. The van der Waals surface area contributed by atoms with Crippen LogP contribution in [-0.4, -0.2) is 46.5 Å². The fourth-order valence-corrected chi connectivity index (χ4v) is 6.43. The number of hydrogen-bond acceptors (Lipinski definition) is 8. The van der Waals surface area contributed by atoms with Crippen LogP contribution >= 0.6 is 11.3 Å². The standard InChI is InChI=1S/C33H28N4O5S/c34-33-36-27-17-21(5-10-29(27)43-33)32(40)37-13-11-19-15-23-6-8-25(19)30(37)20-3-1-4-22(16-20)41-14-2-12-35-31(39)26-18-24(42-23)7-9-28(26)38/h1,3-10,15-18,30,38H,2,11-14H2,(H2,34,36)(H,35,39). The van der Waals surface area contributed by atoms with E-state index in [0.29, 0.717) is 66.0 Å². The van der Waals surface area contributed by atoms with Crippen molar-refractivity contribution in [1.29, 1.82) is 0 Å². The molecule has 8 rings (SSSR count). The van der Waals surface area contributed by atoms with Crippen LogP contribution in [-0.2, 0) is 6.42 Å². The Morgan fingerprint density at radius 1 is 1.02 bits per heavy atom. The molecule has 4 heterocycles. The molecule has 1 aromatic heterocycles. The Kier molecular flexibility index (Phi) is 6.83. The van der Waals surface area contributed by atoms with Gasteiger partial charge in [0.05, 0.1) is 28.4 Å². The predicted molar refractivity (Wildman–Crippen MR) is 164 cm³/mol. The maximum Gasteiger partial charge on any atom is 0.255 e. The number of hydrogen-bond donors (Lipinski definition) is 3. The summed E-state index contributed by atoms with van der Waals surface area (Å²) in [7, 11) is 0. The van der Waals surface area contributed by atoms with E-state index in [2.05, 4.69) is 10.3 Å². The van der Waals surface area contributed by atoms with E-state index >= 15 is 0 Å². The minimum atomic E-state index is -0.387. The molecule has 1 unspecified atom stereocenters. The highest BCUT2D eigenvalue weighted by Crippen LogP contribution is 2.40. The van der Waals surface area contributed by atoms with Crippen LogP contribution in [0.2, 0.25) is 0 Å². The van der Waals surface area contributed by atoms with Crippen LogP contribution < -0.4 is 20.5 Å². The van der Waals surface area contributed by atoms with Crippen LogP contribution in [0.1, 0.15) is 49.9 Å². The number of nitrogen functional groups attached to an aromatic ring is 1. The quantitative estimate of drug-likeness (QED) is 0.229. The molecule has 8 bridgehead atoms. The fraction of sp³-hybridized carbons (Fsp3) is 0.182. The van der Waals surface area contributed by atoms with Crippen molar-refractivity contribution in [2.24, 2.45) is 0 Å². The van der Waals surface area contributed by atoms with Crippen LogP contribution in [0.3, 0.4) is 0 Å². The average molecular weight is 593 g/mol. The first kappa shape index (κ1) is 26.8. The average Bonchev–Trinajstić information content (AvgIpc) is 3.39. The molecule has 1 atom stereocenters. The van der Waals surface area contributed by atoms with Crippen LogP contribution in [0.15, 0.2) is 78.9 Å². The summed E-state index contributed by atoms with van der Waals surface area (Å²) in [5.41, 5.74) is 10.3. The monoisotopic (exact) mass is 592 g/mol. The van der Waals surface area contributed by atoms with Gasteiger partial charge in [-0.15, -0.1) is 0 Å². The van der Waals surface area contributed by atoms with Gasteiger partial charge in [0.25, 0.3) is 11.8 Å². The van der Waals surface area contributed by atoms with E-state index in [1.54, 1.807) is 6.07 Å². The molecule has 0 saturated heterocycles. The van der Waals surface area contributed by atoms with Crippen molar-refractivity contribution in [3.05, 3.63) is 107 Å². The zero-order chi connectivity index (χ0) is 29.5. The SMILES string of the molecule is Nc1nc2cc(C(=O)N3CCc4cc5ccc4C3c3cccc(c3)OCCCNC(=O)c3cc(ccc3O)O5)ccc2s1. The molecule has 5 aromatic rings. The summed E-state index contributed by atoms with van der Waals surface area (Å²) in [6.07, 6.45) is 1.19. The maximum absolute atomic E-state index is 14.1. The Labute approximate surface area is 251 Å². The lowest BCUT2D eigenvalue weighted by Gasteiger charge is -2.38. The van der Waals surface area contributed by atoms with Gasteiger partial charge in [-0.05, 0) is 90.2 Å². The number of carbonyl (C=O) groups is 2. The van der Waals surface area contributed by atoms with Crippen LogP contribution in [0.4, 0.5) is 5.13 Å². The first-order valence-corrected chi connectivity index (χ1v) is 14.9.